The van der Waals surface area contributed by atoms with Crippen molar-refractivity contribution in [1.82, 2.24) is 9.91 Å². The molecule has 0 aromatic rings. The number of nitriles is 1. The predicted octanol–water partition coefficient (Wildman–Crippen LogP) is 5.48. The lowest BCUT2D eigenvalue weighted by atomic mass is 9.99. The van der Waals surface area contributed by atoms with Gasteiger partial charge in [0.05, 0.1) is 5.71 Å². The molecule has 7 nitrogen and oxygen atoms in total. The van der Waals surface area contributed by atoms with E-state index in [-0.39, 0.29) is 17.7 Å². The van der Waals surface area contributed by atoms with Crippen molar-refractivity contribution >= 4 is 18.1 Å². The van der Waals surface area contributed by atoms with Crippen molar-refractivity contribution < 1.29 is 9.13 Å². The molecular formula is C25H33FN6O. The summed E-state index contributed by atoms with van der Waals surface area (Å²) in [6, 6.07) is 0.128. The van der Waals surface area contributed by atoms with Gasteiger partial charge in [0.2, 0.25) is 0 Å². The molecule has 0 aromatic heterocycles. The van der Waals surface area contributed by atoms with E-state index in [2.05, 4.69) is 51.7 Å². The molecule has 0 saturated carbocycles. The highest BCUT2D eigenvalue weighted by Gasteiger charge is 2.19. The van der Waals surface area contributed by atoms with Gasteiger partial charge in [0.15, 0.2) is 17.4 Å². The summed E-state index contributed by atoms with van der Waals surface area (Å²) in [5.74, 6) is -0.365. The third-order valence-corrected chi connectivity index (χ3v) is 5.09. The molecule has 33 heavy (non-hydrogen) atoms. The van der Waals surface area contributed by atoms with E-state index >= 15 is 0 Å². The zero-order valence-electron chi connectivity index (χ0n) is 20.3. The van der Waals surface area contributed by atoms with E-state index < -0.39 is 5.83 Å². The van der Waals surface area contributed by atoms with Crippen molar-refractivity contribution in [2.45, 2.75) is 40.7 Å². The standard InChI is InChI=1S/C25H33FN6O/c1-9-30-32(11-3)25(29-16-20(6)31(8)10-2)21(7)18(4)12-13-28-23-15-22(26)24(33-17-27)14-19(23)5/h9,11-16,19-20H,3-4,10H2,1-2,5-8H3/b13-12-,25-21+,28-23-,29-16-,30-9-. The third-order valence-electron chi connectivity index (χ3n) is 5.09. The Morgan fingerprint density at radius 2 is 2.15 bits per heavy atom. The highest BCUT2D eigenvalue weighted by atomic mass is 19.1. The minimum Gasteiger partial charge on any atom is -0.385 e. The molecule has 1 aliphatic carbocycles. The fourth-order valence-electron chi connectivity index (χ4n) is 2.71. The first-order valence-electron chi connectivity index (χ1n) is 10.6. The quantitative estimate of drug-likeness (QED) is 0.180. The Morgan fingerprint density at radius 3 is 2.73 bits per heavy atom. The normalized spacial score (nSPS) is 19.5. The van der Waals surface area contributed by atoms with E-state index in [9.17, 15) is 4.39 Å². The van der Waals surface area contributed by atoms with Crippen LogP contribution in [0.2, 0.25) is 0 Å². The molecule has 0 heterocycles. The predicted molar refractivity (Wildman–Crippen MR) is 134 cm³/mol. The van der Waals surface area contributed by atoms with Crippen LogP contribution < -0.4 is 0 Å². The smallest absolute Gasteiger partial charge is 0.292 e. The fraction of sp³-hybridized carbons (Fsp3) is 0.360. The number of ether oxygens (including phenoxy) is 1. The van der Waals surface area contributed by atoms with Crippen LogP contribution in [-0.4, -0.2) is 47.7 Å². The van der Waals surface area contributed by atoms with Crippen LogP contribution in [-0.2, 0) is 4.74 Å². The van der Waals surface area contributed by atoms with E-state index in [1.807, 2.05) is 34.0 Å². The summed E-state index contributed by atoms with van der Waals surface area (Å²) in [5, 5.41) is 14.5. The van der Waals surface area contributed by atoms with Crippen LogP contribution in [0.5, 0.6) is 0 Å². The summed E-state index contributed by atoms with van der Waals surface area (Å²) in [6.45, 7) is 18.5. The molecule has 176 valence electrons. The van der Waals surface area contributed by atoms with E-state index in [0.29, 0.717) is 17.1 Å². The first-order valence-corrected chi connectivity index (χ1v) is 10.6. The van der Waals surface area contributed by atoms with Crippen LogP contribution in [0.1, 0.15) is 34.6 Å². The summed E-state index contributed by atoms with van der Waals surface area (Å²) >= 11 is 0. The lowest BCUT2D eigenvalue weighted by molar-refractivity contribution is 0.332. The van der Waals surface area contributed by atoms with Gasteiger partial charge in [-0.2, -0.15) is 5.10 Å². The second kappa shape index (κ2) is 13.8. The van der Waals surface area contributed by atoms with Gasteiger partial charge in [-0.05, 0) is 58.2 Å². The van der Waals surface area contributed by atoms with Crippen LogP contribution in [0.15, 0.2) is 87.4 Å². The van der Waals surface area contributed by atoms with Gasteiger partial charge in [-0.1, -0.05) is 27.0 Å². The van der Waals surface area contributed by atoms with Crippen LogP contribution >= 0.6 is 0 Å². The highest BCUT2D eigenvalue weighted by Crippen LogP contribution is 2.24. The number of nitrogens with zero attached hydrogens (tertiary/aromatic N) is 6. The first kappa shape index (κ1) is 27.5. The lowest BCUT2D eigenvalue weighted by Gasteiger charge is -2.21. The van der Waals surface area contributed by atoms with E-state index in [1.54, 1.807) is 29.7 Å². The van der Waals surface area contributed by atoms with Crippen molar-refractivity contribution in [2.24, 2.45) is 21.0 Å². The largest absolute Gasteiger partial charge is 0.385 e. The van der Waals surface area contributed by atoms with Gasteiger partial charge in [0.25, 0.3) is 6.26 Å². The van der Waals surface area contributed by atoms with Crippen molar-refractivity contribution in [3.8, 4) is 6.26 Å². The molecule has 0 amide bonds. The van der Waals surface area contributed by atoms with Crippen molar-refractivity contribution in [3.05, 3.63) is 72.3 Å². The maximum Gasteiger partial charge on any atom is 0.292 e. The summed E-state index contributed by atoms with van der Waals surface area (Å²) in [4.78, 5) is 11.2. The topological polar surface area (TPSA) is 76.6 Å². The molecule has 0 spiro atoms. The Labute approximate surface area is 196 Å². The molecule has 2 unspecified atom stereocenters. The minimum atomic E-state index is -0.640. The maximum atomic E-state index is 14.1. The second-order valence-corrected chi connectivity index (χ2v) is 7.34. The Balaban J connectivity index is 3.21. The lowest BCUT2D eigenvalue weighted by Crippen LogP contribution is -2.30. The van der Waals surface area contributed by atoms with Gasteiger partial charge >= 0.3 is 0 Å². The average molecular weight is 453 g/mol. The Bertz CT molecular complexity index is 977. The van der Waals surface area contributed by atoms with Gasteiger partial charge in [0.1, 0.15) is 0 Å². The zero-order valence-corrected chi connectivity index (χ0v) is 20.3. The molecule has 0 aliphatic heterocycles. The molecular weight excluding hydrogens is 419 g/mol. The third kappa shape index (κ3) is 8.13. The van der Waals surface area contributed by atoms with Crippen LogP contribution in [0, 0.1) is 17.4 Å². The Morgan fingerprint density at radius 1 is 1.45 bits per heavy atom. The molecule has 1 aliphatic rings. The van der Waals surface area contributed by atoms with Gasteiger partial charge in [-0.25, -0.2) is 14.4 Å². The van der Waals surface area contributed by atoms with Crippen molar-refractivity contribution in [2.75, 3.05) is 13.6 Å². The van der Waals surface area contributed by atoms with Gasteiger partial charge in [-0.15, -0.1) is 5.26 Å². The van der Waals surface area contributed by atoms with E-state index in [4.69, 9.17) is 5.26 Å². The van der Waals surface area contributed by atoms with Crippen molar-refractivity contribution in [3.63, 3.8) is 0 Å². The van der Waals surface area contributed by atoms with Crippen LogP contribution in [0.25, 0.3) is 0 Å². The molecule has 0 saturated heterocycles. The summed E-state index contributed by atoms with van der Waals surface area (Å²) in [6.07, 6.45) is 12.6. The summed E-state index contributed by atoms with van der Waals surface area (Å²) in [7, 11) is 2.03. The first-order chi connectivity index (χ1) is 15.7. The van der Waals surface area contributed by atoms with Crippen LogP contribution in [0.4, 0.5) is 4.39 Å². The maximum absolute atomic E-state index is 14.1. The average Bonchev–Trinajstić information content (AvgIpc) is 2.80. The number of hydrazone groups is 1. The monoisotopic (exact) mass is 452 g/mol. The molecule has 0 radical (unpaired) electrons. The minimum absolute atomic E-state index is 0.0948. The number of allylic oxidation sites excluding steroid dienone is 6. The SMILES string of the molecule is C=CN(/N=C\C)C(/N=C\C(C)N(C)CC)=C(\C)C(=C)/C=C\N=C1\C=C(F)C(OC#N)=CC1C. The van der Waals surface area contributed by atoms with E-state index in [1.165, 1.54) is 18.4 Å². The highest BCUT2D eigenvalue weighted by molar-refractivity contribution is 6.00. The molecule has 1 rings (SSSR count). The van der Waals surface area contributed by atoms with E-state index in [0.717, 1.165) is 12.1 Å². The number of halogens is 1. The van der Waals surface area contributed by atoms with Gasteiger partial charge in [-0.3, -0.25) is 9.89 Å². The van der Waals surface area contributed by atoms with Gasteiger partial charge < -0.3 is 4.74 Å². The number of hydrogen-bond donors (Lipinski definition) is 0. The van der Waals surface area contributed by atoms with Crippen molar-refractivity contribution in [1.29, 1.82) is 5.26 Å². The number of hydrogen-bond acceptors (Lipinski definition) is 7. The van der Waals surface area contributed by atoms with Crippen LogP contribution in [0.3, 0.4) is 0 Å². The molecule has 0 bridgehead atoms. The summed E-state index contributed by atoms with van der Waals surface area (Å²) < 4.78 is 18.7. The molecule has 8 heteroatoms. The number of rotatable bonds is 11. The second-order valence-electron chi connectivity index (χ2n) is 7.34. The summed E-state index contributed by atoms with van der Waals surface area (Å²) in [5.41, 5.74) is 1.95. The zero-order chi connectivity index (χ0) is 25.0. The molecule has 2 atom stereocenters. The van der Waals surface area contributed by atoms with Gasteiger partial charge in [0, 0.05) is 42.4 Å². The number of aliphatic imine (C=N–C) groups is 2. The molecule has 0 aromatic carbocycles. The fourth-order valence-corrected chi connectivity index (χ4v) is 2.71. The molecule has 0 N–H and O–H groups in total. The Hall–Kier alpha value is -3.57. The Kier molecular flexibility index (Phi) is 11.5. The molecule has 0 fully saturated rings.